The smallest absolute Gasteiger partial charge is 0.264 e. The topological polar surface area (TPSA) is 66.5 Å². The molecular formula is C22H28N2O3S. The number of aryl methyl sites for hydroxylation is 1. The number of hydrogen-bond acceptors (Lipinski definition) is 3. The molecule has 0 bridgehead atoms. The van der Waals surface area contributed by atoms with Crippen LogP contribution in [0.25, 0.3) is 0 Å². The zero-order valence-electron chi connectivity index (χ0n) is 16.7. The van der Waals surface area contributed by atoms with E-state index in [2.05, 4.69) is 5.32 Å². The first-order valence-corrected chi connectivity index (χ1v) is 11.2. The maximum absolute atomic E-state index is 13.3. The van der Waals surface area contributed by atoms with Crippen molar-refractivity contribution in [3.05, 3.63) is 59.7 Å². The van der Waals surface area contributed by atoms with Gasteiger partial charge < -0.3 is 5.32 Å². The normalized spacial score (nSPS) is 17.1. The van der Waals surface area contributed by atoms with Gasteiger partial charge in [-0.05, 0) is 63.3 Å². The molecule has 1 atom stereocenters. The van der Waals surface area contributed by atoms with E-state index >= 15 is 0 Å². The van der Waals surface area contributed by atoms with Crippen LogP contribution in [0.5, 0.6) is 0 Å². The van der Waals surface area contributed by atoms with Crippen molar-refractivity contribution in [2.75, 3.05) is 10.8 Å². The standard InChI is InChI=1S/C22H28N2O3S/c1-16(2)23-22(25)15-18-7-6-14-24(21-9-5-4-8-20(18)21)28(26,27)19-12-10-17(3)11-13-19/h4-5,8-13,16,18H,6-7,14-15H2,1-3H3,(H,23,25). The van der Waals surface area contributed by atoms with Crippen LogP contribution in [0.15, 0.2) is 53.4 Å². The Labute approximate surface area is 167 Å². The van der Waals surface area contributed by atoms with Gasteiger partial charge in [0.1, 0.15) is 0 Å². The third-order valence-electron chi connectivity index (χ3n) is 5.05. The van der Waals surface area contributed by atoms with Gasteiger partial charge >= 0.3 is 0 Å². The largest absolute Gasteiger partial charge is 0.354 e. The third kappa shape index (κ3) is 4.38. The lowest BCUT2D eigenvalue weighted by Gasteiger charge is -2.25. The Hall–Kier alpha value is -2.34. The number of nitrogens with zero attached hydrogens (tertiary/aromatic N) is 1. The molecule has 0 saturated carbocycles. The third-order valence-corrected chi connectivity index (χ3v) is 6.88. The number of hydrogen-bond donors (Lipinski definition) is 1. The van der Waals surface area contributed by atoms with Gasteiger partial charge in [0.05, 0.1) is 10.6 Å². The van der Waals surface area contributed by atoms with Crippen LogP contribution in [0.2, 0.25) is 0 Å². The first-order chi connectivity index (χ1) is 13.3. The minimum Gasteiger partial charge on any atom is -0.354 e. The zero-order chi connectivity index (χ0) is 20.3. The van der Waals surface area contributed by atoms with Crippen LogP contribution < -0.4 is 9.62 Å². The molecule has 1 heterocycles. The highest BCUT2D eigenvalue weighted by atomic mass is 32.2. The molecular weight excluding hydrogens is 372 g/mol. The number of para-hydroxylation sites is 1. The highest BCUT2D eigenvalue weighted by Crippen LogP contribution is 2.38. The van der Waals surface area contributed by atoms with Gasteiger partial charge in [-0.1, -0.05) is 35.9 Å². The average Bonchev–Trinajstić information content (AvgIpc) is 2.82. The molecule has 1 amide bonds. The zero-order valence-corrected chi connectivity index (χ0v) is 17.5. The fraction of sp³-hybridized carbons (Fsp3) is 0.409. The second kappa shape index (κ2) is 8.35. The quantitative estimate of drug-likeness (QED) is 0.825. The fourth-order valence-corrected chi connectivity index (χ4v) is 5.25. The molecule has 0 aromatic heterocycles. The minimum atomic E-state index is -3.65. The van der Waals surface area contributed by atoms with Gasteiger partial charge in [0, 0.05) is 19.0 Å². The van der Waals surface area contributed by atoms with E-state index in [-0.39, 0.29) is 17.9 Å². The lowest BCUT2D eigenvalue weighted by atomic mass is 9.91. The number of benzene rings is 2. The summed E-state index contributed by atoms with van der Waals surface area (Å²) in [7, 11) is -3.65. The number of nitrogens with one attached hydrogen (secondary N) is 1. The molecule has 1 N–H and O–H groups in total. The monoisotopic (exact) mass is 400 g/mol. The Kier molecular flexibility index (Phi) is 6.08. The second-order valence-corrected chi connectivity index (χ2v) is 9.58. The Morgan fingerprint density at radius 2 is 1.82 bits per heavy atom. The lowest BCUT2D eigenvalue weighted by Crippen LogP contribution is -2.32. The molecule has 0 radical (unpaired) electrons. The van der Waals surface area contributed by atoms with Crippen molar-refractivity contribution in [2.24, 2.45) is 0 Å². The summed E-state index contributed by atoms with van der Waals surface area (Å²) in [6.07, 6.45) is 1.86. The van der Waals surface area contributed by atoms with Gasteiger partial charge in [0.2, 0.25) is 5.91 Å². The first-order valence-electron chi connectivity index (χ1n) is 9.76. The van der Waals surface area contributed by atoms with E-state index in [4.69, 9.17) is 0 Å². The van der Waals surface area contributed by atoms with Gasteiger partial charge in [-0.2, -0.15) is 0 Å². The molecule has 28 heavy (non-hydrogen) atoms. The second-order valence-electron chi connectivity index (χ2n) is 7.71. The molecule has 2 aromatic carbocycles. The molecule has 1 aliphatic heterocycles. The van der Waals surface area contributed by atoms with E-state index in [1.807, 2.05) is 57.2 Å². The maximum Gasteiger partial charge on any atom is 0.264 e. The van der Waals surface area contributed by atoms with Crippen molar-refractivity contribution in [1.29, 1.82) is 0 Å². The SMILES string of the molecule is Cc1ccc(S(=O)(=O)N2CCCC(CC(=O)NC(C)C)c3ccccc32)cc1. The molecule has 0 aliphatic carbocycles. The summed E-state index contributed by atoms with van der Waals surface area (Å²) in [6, 6.07) is 14.6. The summed E-state index contributed by atoms with van der Waals surface area (Å²) < 4.78 is 28.2. The van der Waals surface area contributed by atoms with E-state index in [0.717, 1.165) is 17.5 Å². The predicted molar refractivity (Wildman–Crippen MR) is 112 cm³/mol. The molecule has 0 spiro atoms. The number of anilines is 1. The Morgan fingerprint density at radius 3 is 2.50 bits per heavy atom. The van der Waals surface area contributed by atoms with E-state index in [1.165, 1.54) is 4.31 Å². The summed E-state index contributed by atoms with van der Waals surface area (Å²) in [5, 5.41) is 2.94. The van der Waals surface area contributed by atoms with E-state index in [0.29, 0.717) is 30.0 Å². The van der Waals surface area contributed by atoms with E-state index < -0.39 is 10.0 Å². The predicted octanol–water partition coefficient (Wildman–Crippen LogP) is 3.98. The van der Waals surface area contributed by atoms with Gasteiger partial charge in [0.25, 0.3) is 10.0 Å². The summed E-state index contributed by atoms with van der Waals surface area (Å²) in [4.78, 5) is 12.6. The summed E-state index contributed by atoms with van der Waals surface area (Å²) >= 11 is 0. The van der Waals surface area contributed by atoms with Gasteiger partial charge in [0.15, 0.2) is 0 Å². The highest BCUT2D eigenvalue weighted by Gasteiger charge is 2.31. The van der Waals surface area contributed by atoms with E-state index in [1.54, 1.807) is 12.1 Å². The Bertz CT molecular complexity index is 937. The number of fused-ring (bicyclic) bond motifs is 1. The minimum absolute atomic E-state index is 0.00430. The van der Waals surface area contributed by atoms with Gasteiger partial charge in [-0.3, -0.25) is 9.10 Å². The molecule has 150 valence electrons. The van der Waals surface area contributed by atoms with Crippen LogP contribution in [0.4, 0.5) is 5.69 Å². The number of amides is 1. The highest BCUT2D eigenvalue weighted by molar-refractivity contribution is 7.92. The van der Waals surface area contributed by atoms with Crippen molar-refractivity contribution in [2.45, 2.75) is 56.9 Å². The van der Waals surface area contributed by atoms with Crippen molar-refractivity contribution in [3.8, 4) is 0 Å². The van der Waals surface area contributed by atoms with Crippen LogP contribution in [-0.4, -0.2) is 26.9 Å². The van der Waals surface area contributed by atoms with Crippen LogP contribution in [-0.2, 0) is 14.8 Å². The number of carbonyl (C=O) groups excluding carboxylic acids is 1. The van der Waals surface area contributed by atoms with E-state index in [9.17, 15) is 13.2 Å². The summed E-state index contributed by atoms with van der Waals surface area (Å²) in [5.74, 6) is 0.0119. The van der Waals surface area contributed by atoms with Gasteiger partial charge in [-0.15, -0.1) is 0 Å². The van der Waals surface area contributed by atoms with Crippen LogP contribution in [0.1, 0.15) is 50.2 Å². The Morgan fingerprint density at radius 1 is 1.14 bits per heavy atom. The summed E-state index contributed by atoms with van der Waals surface area (Å²) in [5.41, 5.74) is 2.63. The van der Waals surface area contributed by atoms with Crippen LogP contribution in [0, 0.1) is 6.92 Å². The number of carbonyl (C=O) groups is 1. The first kappa shape index (κ1) is 20.4. The molecule has 0 saturated heterocycles. The van der Waals surface area contributed by atoms with Crippen molar-refractivity contribution < 1.29 is 13.2 Å². The van der Waals surface area contributed by atoms with Crippen molar-refractivity contribution >= 4 is 21.6 Å². The summed E-state index contributed by atoms with van der Waals surface area (Å²) in [6.45, 7) is 6.23. The molecule has 3 rings (SSSR count). The fourth-order valence-electron chi connectivity index (χ4n) is 3.72. The van der Waals surface area contributed by atoms with Crippen molar-refractivity contribution in [1.82, 2.24) is 5.32 Å². The Balaban J connectivity index is 1.96. The van der Waals surface area contributed by atoms with Crippen LogP contribution >= 0.6 is 0 Å². The average molecular weight is 401 g/mol. The molecule has 1 aliphatic rings. The van der Waals surface area contributed by atoms with Crippen molar-refractivity contribution in [3.63, 3.8) is 0 Å². The molecule has 5 nitrogen and oxygen atoms in total. The lowest BCUT2D eigenvalue weighted by molar-refractivity contribution is -0.122. The molecule has 2 aromatic rings. The number of rotatable bonds is 5. The molecule has 0 fully saturated rings. The number of sulfonamides is 1. The molecule has 6 heteroatoms. The van der Waals surface area contributed by atoms with Crippen LogP contribution in [0.3, 0.4) is 0 Å². The van der Waals surface area contributed by atoms with Gasteiger partial charge in [-0.25, -0.2) is 8.42 Å². The maximum atomic E-state index is 13.3. The molecule has 1 unspecified atom stereocenters.